The first-order valence-corrected chi connectivity index (χ1v) is 10.7. The van der Waals surface area contributed by atoms with Crippen LogP contribution in [0.2, 0.25) is 0 Å². The van der Waals surface area contributed by atoms with Crippen molar-refractivity contribution in [3.8, 4) is 0 Å². The quantitative estimate of drug-likeness (QED) is 0.381. The number of carbonyl (C=O) groups is 1. The molecule has 29 heavy (non-hydrogen) atoms. The van der Waals surface area contributed by atoms with Crippen LogP contribution in [0.4, 0.5) is 11.4 Å². The molecule has 140 valence electrons. The zero-order chi connectivity index (χ0) is 19.6. The minimum Gasteiger partial charge on any atom is -0.268 e. The standard InChI is InChI=1S/C23H15N3OS2/c27-22-21(14-16-11-12-20-19(13-16)24-15-28-20)29-23(25-17-7-3-1-4-8-17)26(22)18-9-5-2-6-10-18/h1-15H/b21-14-,25-23-. The van der Waals surface area contributed by atoms with Crippen molar-refractivity contribution < 1.29 is 4.79 Å². The number of amides is 1. The molecular formula is C23H15N3OS2. The fourth-order valence-corrected chi connectivity index (χ4v) is 4.74. The Morgan fingerprint density at radius 3 is 2.48 bits per heavy atom. The van der Waals surface area contributed by atoms with Crippen molar-refractivity contribution in [1.82, 2.24) is 4.98 Å². The molecule has 0 spiro atoms. The Labute approximate surface area is 176 Å². The summed E-state index contributed by atoms with van der Waals surface area (Å²) in [5.74, 6) is -0.0748. The highest BCUT2D eigenvalue weighted by atomic mass is 32.2. The first-order chi connectivity index (χ1) is 14.3. The van der Waals surface area contributed by atoms with Crippen molar-refractivity contribution in [1.29, 1.82) is 0 Å². The topological polar surface area (TPSA) is 45.6 Å². The molecule has 1 aliphatic rings. The summed E-state index contributed by atoms with van der Waals surface area (Å²) in [6.45, 7) is 0. The maximum Gasteiger partial charge on any atom is 0.271 e. The van der Waals surface area contributed by atoms with E-state index < -0.39 is 0 Å². The van der Waals surface area contributed by atoms with E-state index in [-0.39, 0.29) is 5.91 Å². The Balaban J connectivity index is 1.57. The molecule has 0 N–H and O–H groups in total. The highest BCUT2D eigenvalue weighted by Gasteiger charge is 2.34. The van der Waals surface area contributed by atoms with Gasteiger partial charge in [0.05, 0.1) is 32.0 Å². The van der Waals surface area contributed by atoms with Gasteiger partial charge in [-0.1, -0.05) is 42.5 Å². The summed E-state index contributed by atoms with van der Waals surface area (Å²) >= 11 is 3.00. The molecule has 0 unspecified atom stereocenters. The lowest BCUT2D eigenvalue weighted by Crippen LogP contribution is -2.28. The van der Waals surface area contributed by atoms with Gasteiger partial charge in [0.15, 0.2) is 5.17 Å². The third-order valence-corrected chi connectivity index (χ3v) is 6.23. The molecule has 2 heterocycles. The van der Waals surface area contributed by atoms with E-state index in [0.29, 0.717) is 10.1 Å². The fraction of sp³-hybridized carbons (Fsp3) is 0. The average molecular weight is 414 g/mol. The lowest BCUT2D eigenvalue weighted by molar-refractivity contribution is -0.113. The van der Waals surface area contributed by atoms with E-state index in [1.807, 2.05) is 90.4 Å². The molecule has 0 saturated carbocycles. The number of carbonyl (C=O) groups excluding carboxylic acids is 1. The summed E-state index contributed by atoms with van der Waals surface area (Å²) in [5.41, 5.74) is 5.34. The van der Waals surface area contributed by atoms with Crippen LogP contribution < -0.4 is 4.90 Å². The van der Waals surface area contributed by atoms with E-state index in [0.717, 1.165) is 27.2 Å². The number of amidine groups is 1. The molecule has 1 aromatic heterocycles. The molecule has 0 aliphatic carbocycles. The normalized spacial score (nSPS) is 17.0. The maximum atomic E-state index is 13.3. The van der Waals surface area contributed by atoms with Crippen molar-refractivity contribution in [3.05, 3.63) is 94.8 Å². The highest BCUT2D eigenvalue weighted by Crippen LogP contribution is 2.37. The zero-order valence-corrected chi connectivity index (χ0v) is 16.9. The molecule has 0 radical (unpaired) electrons. The van der Waals surface area contributed by atoms with Gasteiger partial charge in [-0.05, 0) is 59.8 Å². The summed E-state index contributed by atoms with van der Waals surface area (Å²) in [5, 5.41) is 0.647. The summed E-state index contributed by atoms with van der Waals surface area (Å²) in [4.78, 5) is 24.7. The minimum atomic E-state index is -0.0748. The largest absolute Gasteiger partial charge is 0.271 e. The van der Waals surface area contributed by atoms with Crippen molar-refractivity contribution in [2.24, 2.45) is 4.99 Å². The molecule has 4 nitrogen and oxygen atoms in total. The van der Waals surface area contributed by atoms with Crippen molar-refractivity contribution in [2.45, 2.75) is 0 Å². The lowest BCUT2D eigenvalue weighted by atomic mass is 10.2. The van der Waals surface area contributed by atoms with Gasteiger partial charge in [0, 0.05) is 0 Å². The Hall–Kier alpha value is -3.22. The zero-order valence-electron chi connectivity index (χ0n) is 15.2. The average Bonchev–Trinajstić information content (AvgIpc) is 3.34. The Morgan fingerprint density at radius 1 is 0.931 bits per heavy atom. The summed E-state index contributed by atoms with van der Waals surface area (Å²) < 4.78 is 1.13. The minimum absolute atomic E-state index is 0.0748. The second-order valence-corrected chi connectivity index (χ2v) is 8.29. The Kier molecular flexibility index (Phi) is 4.71. The monoisotopic (exact) mass is 413 g/mol. The van der Waals surface area contributed by atoms with E-state index >= 15 is 0 Å². The van der Waals surface area contributed by atoms with Crippen LogP contribution in [0.5, 0.6) is 0 Å². The van der Waals surface area contributed by atoms with Gasteiger partial charge in [0.25, 0.3) is 5.91 Å². The number of aliphatic imine (C=N–C) groups is 1. The van der Waals surface area contributed by atoms with Crippen molar-refractivity contribution >= 4 is 61.8 Å². The smallest absolute Gasteiger partial charge is 0.268 e. The molecular weight excluding hydrogens is 398 g/mol. The van der Waals surface area contributed by atoms with Crippen LogP contribution in [-0.2, 0) is 4.79 Å². The van der Waals surface area contributed by atoms with Gasteiger partial charge in [0.2, 0.25) is 0 Å². The van der Waals surface area contributed by atoms with Gasteiger partial charge in [-0.25, -0.2) is 9.98 Å². The number of aromatic nitrogens is 1. The molecule has 4 aromatic rings. The number of hydrogen-bond acceptors (Lipinski definition) is 5. The van der Waals surface area contributed by atoms with Gasteiger partial charge < -0.3 is 0 Å². The number of thioether (sulfide) groups is 1. The third kappa shape index (κ3) is 3.60. The Morgan fingerprint density at radius 2 is 1.69 bits per heavy atom. The van der Waals surface area contributed by atoms with Gasteiger partial charge in [-0.3, -0.25) is 9.69 Å². The number of benzene rings is 3. The molecule has 6 heteroatoms. The number of anilines is 1. The maximum absolute atomic E-state index is 13.3. The lowest BCUT2D eigenvalue weighted by Gasteiger charge is -2.15. The van der Waals surface area contributed by atoms with Crippen LogP contribution in [0.3, 0.4) is 0 Å². The predicted octanol–water partition coefficient (Wildman–Crippen LogP) is 6.10. The summed E-state index contributed by atoms with van der Waals surface area (Å²) in [6, 6.07) is 25.4. The van der Waals surface area contributed by atoms with Crippen molar-refractivity contribution in [3.63, 3.8) is 0 Å². The number of rotatable bonds is 3. The molecule has 1 fully saturated rings. The van der Waals surface area contributed by atoms with Gasteiger partial charge >= 0.3 is 0 Å². The predicted molar refractivity (Wildman–Crippen MR) is 123 cm³/mol. The van der Waals surface area contributed by atoms with Crippen molar-refractivity contribution in [2.75, 3.05) is 4.90 Å². The van der Waals surface area contributed by atoms with Crippen LogP contribution in [0.1, 0.15) is 5.56 Å². The number of hydrogen-bond donors (Lipinski definition) is 0. The van der Waals surface area contributed by atoms with Gasteiger partial charge in [-0.15, -0.1) is 11.3 Å². The number of nitrogens with zero attached hydrogens (tertiary/aromatic N) is 3. The number of para-hydroxylation sites is 2. The fourth-order valence-electron chi connectivity index (χ4n) is 3.08. The van der Waals surface area contributed by atoms with Crippen LogP contribution in [0.15, 0.2) is 94.3 Å². The molecule has 1 aliphatic heterocycles. The van der Waals surface area contributed by atoms with Crippen LogP contribution in [-0.4, -0.2) is 16.1 Å². The van der Waals surface area contributed by atoms with Gasteiger partial charge in [0.1, 0.15) is 0 Å². The van der Waals surface area contributed by atoms with Crippen LogP contribution in [0, 0.1) is 0 Å². The Bertz CT molecular complexity index is 1250. The molecule has 0 bridgehead atoms. The molecule has 1 saturated heterocycles. The van der Waals surface area contributed by atoms with E-state index in [4.69, 9.17) is 4.99 Å². The molecule has 5 rings (SSSR count). The van der Waals surface area contributed by atoms with Crippen LogP contribution in [0.25, 0.3) is 16.3 Å². The first kappa shape index (κ1) is 17.8. The van der Waals surface area contributed by atoms with E-state index in [2.05, 4.69) is 4.98 Å². The number of thiazole rings is 1. The highest BCUT2D eigenvalue weighted by molar-refractivity contribution is 8.19. The van der Waals surface area contributed by atoms with Crippen LogP contribution >= 0.6 is 23.1 Å². The molecule has 3 aromatic carbocycles. The second kappa shape index (κ2) is 7.66. The third-order valence-electron chi connectivity index (χ3n) is 4.45. The van der Waals surface area contributed by atoms with Gasteiger partial charge in [-0.2, -0.15) is 0 Å². The first-order valence-electron chi connectivity index (χ1n) is 9.04. The second-order valence-electron chi connectivity index (χ2n) is 6.40. The SMILES string of the molecule is O=C1/C(=C/c2ccc3scnc3c2)S/C(=N\c2ccccc2)N1c1ccccc1. The number of fused-ring (bicyclic) bond motifs is 1. The van der Waals surface area contributed by atoms with E-state index in [1.165, 1.54) is 11.8 Å². The molecule has 1 amide bonds. The van der Waals surface area contributed by atoms with E-state index in [1.54, 1.807) is 16.2 Å². The summed E-state index contributed by atoms with van der Waals surface area (Å²) in [7, 11) is 0. The molecule has 0 atom stereocenters. The summed E-state index contributed by atoms with van der Waals surface area (Å²) in [6.07, 6.45) is 1.91. The van der Waals surface area contributed by atoms with E-state index in [9.17, 15) is 4.79 Å².